The number of fused-ring (bicyclic) bond motifs is 1. The van der Waals surface area contributed by atoms with Crippen molar-refractivity contribution in [3.63, 3.8) is 0 Å². The summed E-state index contributed by atoms with van der Waals surface area (Å²) >= 11 is 0. The van der Waals surface area contributed by atoms with Gasteiger partial charge < -0.3 is 9.47 Å². The molecule has 0 saturated carbocycles. The van der Waals surface area contributed by atoms with E-state index in [0.717, 1.165) is 5.56 Å². The van der Waals surface area contributed by atoms with E-state index in [0.29, 0.717) is 16.7 Å². The molecule has 0 saturated heterocycles. The van der Waals surface area contributed by atoms with Gasteiger partial charge in [-0.3, -0.25) is 19.6 Å². The number of nitrogens with one attached hydrogen (secondary N) is 1. The summed E-state index contributed by atoms with van der Waals surface area (Å²) < 4.78 is 11.0. The van der Waals surface area contributed by atoms with Crippen LogP contribution in [0.3, 0.4) is 0 Å². The highest BCUT2D eigenvalue weighted by Gasteiger charge is 2.16. The molecule has 0 unspecified atom stereocenters. The van der Waals surface area contributed by atoms with E-state index >= 15 is 0 Å². The van der Waals surface area contributed by atoms with Gasteiger partial charge in [0, 0.05) is 6.20 Å². The lowest BCUT2D eigenvalue weighted by atomic mass is 10.1. The van der Waals surface area contributed by atoms with Crippen molar-refractivity contribution in [2.75, 3.05) is 0 Å². The van der Waals surface area contributed by atoms with E-state index in [4.69, 9.17) is 9.47 Å². The summed E-state index contributed by atoms with van der Waals surface area (Å²) in [5.41, 5.74) is 0.336. The molecule has 3 aromatic rings. The van der Waals surface area contributed by atoms with Gasteiger partial charge in [0.1, 0.15) is 11.4 Å². The fraction of sp³-hybridized carbons (Fsp3) is 0.263. The highest BCUT2D eigenvalue weighted by atomic mass is 16.6. The predicted octanol–water partition coefficient (Wildman–Crippen LogP) is 2.99. The summed E-state index contributed by atoms with van der Waals surface area (Å²) in [5, 5.41) is 0.436. The van der Waals surface area contributed by atoms with Gasteiger partial charge in [0.25, 0.3) is 5.56 Å². The topological polar surface area (TPSA) is 94.2 Å². The van der Waals surface area contributed by atoms with Crippen molar-refractivity contribution >= 4 is 16.9 Å². The third kappa shape index (κ3) is 4.44. The quantitative estimate of drug-likeness (QED) is 0.725. The molecule has 26 heavy (non-hydrogen) atoms. The van der Waals surface area contributed by atoms with Gasteiger partial charge in [-0.15, -0.1) is 0 Å². The fourth-order valence-corrected chi connectivity index (χ4v) is 2.39. The number of hydrogen-bond acceptors (Lipinski definition) is 6. The number of carbonyl (C=O) groups excluding carboxylic acids is 1. The third-order valence-electron chi connectivity index (χ3n) is 3.37. The van der Waals surface area contributed by atoms with E-state index in [1.165, 1.54) is 12.4 Å². The van der Waals surface area contributed by atoms with E-state index in [9.17, 15) is 9.59 Å². The molecule has 7 nitrogen and oxygen atoms in total. The number of H-pyrrole nitrogens is 1. The number of carbonyl (C=O) groups is 1. The van der Waals surface area contributed by atoms with Gasteiger partial charge in [-0.25, -0.2) is 0 Å². The summed E-state index contributed by atoms with van der Waals surface area (Å²) in [6.45, 7) is 5.46. The number of ether oxygens (including phenoxy) is 2. The monoisotopic (exact) mass is 353 g/mol. The minimum Gasteiger partial charge on any atom is -0.460 e. The van der Waals surface area contributed by atoms with Crippen LogP contribution in [0, 0.1) is 0 Å². The number of hydrogen-bond donors (Lipinski definition) is 1. The largest absolute Gasteiger partial charge is 0.460 e. The predicted molar refractivity (Wildman–Crippen MR) is 96.2 cm³/mol. The molecule has 0 aliphatic carbocycles. The number of pyridine rings is 1. The van der Waals surface area contributed by atoms with E-state index in [1.54, 1.807) is 30.3 Å². The number of benzene rings is 1. The van der Waals surface area contributed by atoms with Gasteiger partial charge in [-0.05, 0) is 44.5 Å². The Morgan fingerprint density at radius 1 is 1.23 bits per heavy atom. The zero-order valence-corrected chi connectivity index (χ0v) is 14.8. The van der Waals surface area contributed by atoms with Gasteiger partial charge in [-0.2, -0.15) is 4.98 Å². The molecule has 1 aromatic carbocycles. The van der Waals surface area contributed by atoms with Gasteiger partial charge >= 0.3 is 12.0 Å². The maximum atomic E-state index is 12.1. The molecule has 3 rings (SSSR count). The maximum Gasteiger partial charge on any atom is 0.310 e. The molecule has 0 spiro atoms. The number of aromatic nitrogens is 3. The highest BCUT2D eigenvalue weighted by molar-refractivity contribution is 5.76. The Labute approximate surface area is 150 Å². The Hall–Kier alpha value is -3.22. The summed E-state index contributed by atoms with van der Waals surface area (Å²) in [6, 6.07) is 8.63. The van der Waals surface area contributed by atoms with Gasteiger partial charge in [0.05, 0.1) is 23.5 Å². The van der Waals surface area contributed by atoms with Crippen molar-refractivity contribution in [2.45, 2.75) is 32.8 Å². The first-order valence-electron chi connectivity index (χ1n) is 8.13. The Morgan fingerprint density at radius 2 is 2.04 bits per heavy atom. The Balaban J connectivity index is 1.79. The minimum atomic E-state index is -0.534. The summed E-state index contributed by atoms with van der Waals surface area (Å²) in [7, 11) is 0. The molecule has 0 fully saturated rings. The van der Waals surface area contributed by atoms with Crippen molar-refractivity contribution < 1.29 is 14.3 Å². The summed E-state index contributed by atoms with van der Waals surface area (Å²) in [5.74, 6) is 0.135. The first kappa shape index (κ1) is 17.6. The second kappa shape index (κ2) is 6.95. The fourth-order valence-electron chi connectivity index (χ4n) is 2.39. The summed E-state index contributed by atoms with van der Waals surface area (Å²) in [4.78, 5) is 34.8. The summed E-state index contributed by atoms with van der Waals surface area (Å²) in [6.07, 6.45) is 3.15. The molecular weight excluding hydrogens is 334 g/mol. The number of esters is 1. The normalized spacial score (nSPS) is 11.3. The lowest BCUT2D eigenvalue weighted by Gasteiger charge is -2.19. The van der Waals surface area contributed by atoms with E-state index < -0.39 is 5.60 Å². The minimum absolute atomic E-state index is 0.0601. The van der Waals surface area contributed by atoms with Gasteiger partial charge in [-0.1, -0.05) is 12.1 Å². The molecule has 0 atom stereocenters. The van der Waals surface area contributed by atoms with Crippen LogP contribution in [0.2, 0.25) is 0 Å². The average Bonchev–Trinajstić information content (AvgIpc) is 2.53. The molecular formula is C19H19N3O4. The van der Waals surface area contributed by atoms with Crippen LogP contribution in [-0.2, 0) is 16.0 Å². The van der Waals surface area contributed by atoms with Gasteiger partial charge in [0.15, 0.2) is 0 Å². The van der Waals surface area contributed by atoms with Crippen LogP contribution in [0.1, 0.15) is 26.3 Å². The second-order valence-electron chi connectivity index (χ2n) is 6.78. The Bertz CT molecular complexity index is 1010. The van der Waals surface area contributed by atoms with Gasteiger partial charge in [0.2, 0.25) is 0 Å². The molecule has 134 valence electrons. The average molecular weight is 353 g/mol. The standard InChI is InChI=1S/C19H19N3O4/c1-19(2,3)26-16(23)10-12-5-4-6-13(9-12)25-18-21-15-11-20-8-7-14(15)17(24)22-18/h4-9,11H,10H2,1-3H3,(H,21,22,24). The SMILES string of the molecule is CC(C)(C)OC(=O)Cc1cccc(Oc2nc3cnccc3c(=O)[nH]2)c1. The van der Waals surface area contributed by atoms with Crippen molar-refractivity contribution in [2.24, 2.45) is 0 Å². The molecule has 2 heterocycles. The zero-order chi connectivity index (χ0) is 18.7. The van der Waals surface area contributed by atoms with Crippen LogP contribution in [0.15, 0.2) is 47.5 Å². The lowest BCUT2D eigenvalue weighted by molar-refractivity contribution is -0.153. The number of rotatable bonds is 4. The molecule has 0 aliphatic rings. The van der Waals surface area contributed by atoms with Crippen LogP contribution < -0.4 is 10.3 Å². The van der Waals surface area contributed by atoms with E-state index in [-0.39, 0.29) is 24.0 Å². The number of aromatic amines is 1. The first-order valence-corrected chi connectivity index (χ1v) is 8.13. The van der Waals surface area contributed by atoms with Crippen molar-refractivity contribution in [1.29, 1.82) is 0 Å². The van der Waals surface area contributed by atoms with E-state index in [1.807, 2.05) is 20.8 Å². The molecule has 2 aromatic heterocycles. The Morgan fingerprint density at radius 3 is 2.81 bits per heavy atom. The highest BCUT2D eigenvalue weighted by Crippen LogP contribution is 2.20. The molecule has 1 N–H and O–H groups in total. The van der Waals surface area contributed by atoms with Crippen molar-refractivity contribution in [3.05, 3.63) is 58.6 Å². The van der Waals surface area contributed by atoms with Crippen LogP contribution >= 0.6 is 0 Å². The molecule has 0 radical (unpaired) electrons. The maximum absolute atomic E-state index is 12.1. The van der Waals surface area contributed by atoms with E-state index in [2.05, 4.69) is 15.0 Å². The van der Waals surface area contributed by atoms with Crippen LogP contribution in [-0.4, -0.2) is 26.5 Å². The number of nitrogens with zero attached hydrogens (tertiary/aromatic N) is 2. The first-order chi connectivity index (χ1) is 12.3. The molecule has 0 bridgehead atoms. The lowest BCUT2D eigenvalue weighted by Crippen LogP contribution is -2.24. The zero-order valence-electron chi connectivity index (χ0n) is 14.8. The third-order valence-corrected chi connectivity index (χ3v) is 3.37. The van der Waals surface area contributed by atoms with Crippen LogP contribution in [0.4, 0.5) is 0 Å². The van der Waals surface area contributed by atoms with Crippen LogP contribution in [0.5, 0.6) is 11.8 Å². The van der Waals surface area contributed by atoms with Crippen molar-refractivity contribution in [1.82, 2.24) is 15.0 Å². The Kier molecular flexibility index (Phi) is 4.71. The van der Waals surface area contributed by atoms with Crippen molar-refractivity contribution in [3.8, 4) is 11.8 Å². The molecule has 7 heteroatoms. The smallest absolute Gasteiger partial charge is 0.310 e. The molecule has 0 amide bonds. The van der Waals surface area contributed by atoms with Crippen LogP contribution in [0.25, 0.3) is 10.9 Å². The second-order valence-corrected chi connectivity index (χ2v) is 6.78. The molecule has 0 aliphatic heterocycles.